The van der Waals surface area contributed by atoms with Crippen molar-refractivity contribution in [1.82, 2.24) is 14.7 Å². The van der Waals surface area contributed by atoms with Gasteiger partial charge < -0.3 is 10.2 Å². The van der Waals surface area contributed by atoms with Gasteiger partial charge in [-0.1, -0.05) is 61.9 Å². The molecule has 1 aromatic heterocycles. The minimum absolute atomic E-state index is 0.0756. The van der Waals surface area contributed by atoms with Crippen LogP contribution in [0, 0.1) is 12.8 Å². The van der Waals surface area contributed by atoms with E-state index in [0.717, 1.165) is 22.5 Å². The molecule has 168 valence electrons. The van der Waals surface area contributed by atoms with Crippen molar-refractivity contribution in [3.05, 3.63) is 66.2 Å². The minimum atomic E-state index is -0.690. The van der Waals surface area contributed by atoms with Crippen molar-refractivity contribution in [2.75, 3.05) is 18.4 Å². The number of nitrogens with one attached hydrogen (secondary N) is 1. The standard InChI is InChI=1S/C25H29ClN4O2/c1-17(2)15-29(25(32)19(4)26)16-24(31)27-23-14-22(20-8-6-5-7-9-20)28-30(23)21-12-10-18(3)11-13-21/h5-14,17,19H,15-16H2,1-4H3,(H,27,31). The molecule has 6 nitrogen and oxygen atoms in total. The van der Waals surface area contributed by atoms with E-state index in [0.29, 0.717) is 12.4 Å². The van der Waals surface area contributed by atoms with Crippen molar-refractivity contribution in [3.8, 4) is 16.9 Å². The molecule has 1 N–H and O–H groups in total. The van der Waals surface area contributed by atoms with E-state index in [9.17, 15) is 9.59 Å². The summed E-state index contributed by atoms with van der Waals surface area (Å²) in [6.45, 7) is 8.01. The molecule has 0 spiro atoms. The third kappa shape index (κ3) is 5.98. The lowest BCUT2D eigenvalue weighted by molar-refractivity contribution is -0.134. The summed E-state index contributed by atoms with van der Waals surface area (Å²) < 4.78 is 1.71. The number of hydrogen-bond acceptors (Lipinski definition) is 3. The summed E-state index contributed by atoms with van der Waals surface area (Å²) in [5.74, 6) is 0.190. The Morgan fingerprint density at radius 3 is 2.31 bits per heavy atom. The van der Waals surface area contributed by atoms with E-state index in [1.165, 1.54) is 4.90 Å². The average molecular weight is 453 g/mol. The maximum absolute atomic E-state index is 12.9. The van der Waals surface area contributed by atoms with Gasteiger partial charge in [0.05, 0.1) is 17.9 Å². The van der Waals surface area contributed by atoms with Gasteiger partial charge in [-0.2, -0.15) is 5.10 Å². The van der Waals surface area contributed by atoms with Gasteiger partial charge >= 0.3 is 0 Å². The van der Waals surface area contributed by atoms with Gasteiger partial charge in [-0.25, -0.2) is 4.68 Å². The number of rotatable bonds is 8. The topological polar surface area (TPSA) is 67.2 Å². The van der Waals surface area contributed by atoms with Crippen LogP contribution >= 0.6 is 11.6 Å². The van der Waals surface area contributed by atoms with Gasteiger partial charge in [-0.3, -0.25) is 9.59 Å². The lowest BCUT2D eigenvalue weighted by Gasteiger charge is -2.25. The zero-order valence-electron chi connectivity index (χ0n) is 18.9. The normalized spacial score (nSPS) is 11.9. The fourth-order valence-corrected chi connectivity index (χ4v) is 3.52. The summed E-state index contributed by atoms with van der Waals surface area (Å²) in [6, 6.07) is 19.5. The predicted molar refractivity (Wildman–Crippen MR) is 129 cm³/mol. The molecule has 0 aliphatic carbocycles. The SMILES string of the molecule is Cc1ccc(-n2nc(-c3ccccc3)cc2NC(=O)CN(CC(C)C)C(=O)C(C)Cl)cc1. The second-order valence-electron chi connectivity index (χ2n) is 8.30. The Labute approximate surface area is 194 Å². The molecule has 7 heteroatoms. The van der Waals surface area contributed by atoms with E-state index in [1.54, 1.807) is 11.6 Å². The fraction of sp³-hybridized carbons (Fsp3) is 0.320. The van der Waals surface area contributed by atoms with Crippen molar-refractivity contribution in [1.29, 1.82) is 0 Å². The lowest BCUT2D eigenvalue weighted by Crippen LogP contribution is -2.43. The number of carbonyl (C=O) groups is 2. The zero-order valence-corrected chi connectivity index (χ0v) is 19.6. The maximum atomic E-state index is 12.9. The Hall–Kier alpha value is -3.12. The summed E-state index contributed by atoms with van der Waals surface area (Å²) in [4.78, 5) is 26.9. The second kappa shape index (κ2) is 10.5. The van der Waals surface area contributed by atoms with E-state index in [4.69, 9.17) is 16.7 Å². The average Bonchev–Trinajstić information content (AvgIpc) is 3.17. The summed E-state index contributed by atoms with van der Waals surface area (Å²) >= 11 is 6.00. The predicted octanol–water partition coefficient (Wildman–Crippen LogP) is 4.90. The van der Waals surface area contributed by atoms with E-state index in [1.807, 2.05) is 81.4 Å². The zero-order chi connectivity index (χ0) is 23.3. The van der Waals surface area contributed by atoms with E-state index in [2.05, 4.69) is 5.32 Å². The van der Waals surface area contributed by atoms with Gasteiger partial charge in [-0.15, -0.1) is 11.6 Å². The largest absolute Gasteiger partial charge is 0.332 e. The van der Waals surface area contributed by atoms with Crippen LogP contribution in [0.5, 0.6) is 0 Å². The highest BCUT2D eigenvalue weighted by molar-refractivity contribution is 6.30. The Morgan fingerprint density at radius 1 is 1.06 bits per heavy atom. The molecule has 0 fully saturated rings. The van der Waals surface area contributed by atoms with Crippen LogP contribution in [-0.2, 0) is 9.59 Å². The number of halogens is 1. The van der Waals surface area contributed by atoms with E-state index < -0.39 is 5.38 Å². The number of carbonyl (C=O) groups excluding carboxylic acids is 2. The van der Waals surface area contributed by atoms with Gasteiger partial charge in [0.1, 0.15) is 11.2 Å². The highest BCUT2D eigenvalue weighted by Gasteiger charge is 2.23. The number of hydrogen-bond donors (Lipinski definition) is 1. The monoisotopic (exact) mass is 452 g/mol. The Bertz CT molecular complexity index is 1060. The van der Waals surface area contributed by atoms with Crippen LogP contribution in [0.15, 0.2) is 60.7 Å². The molecule has 1 atom stereocenters. The summed E-state index contributed by atoms with van der Waals surface area (Å²) in [5, 5.41) is 6.97. The Morgan fingerprint density at radius 2 is 1.72 bits per heavy atom. The molecule has 2 amide bonds. The highest BCUT2D eigenvalue weighted by Crippen LogP contribution is 2.25. The molecule has 0 aliphatic rings. The van der Waals surface area contributed by atoms with E-state index in [-0.39, 0.29) is 24.3 Å². The first-order chi connectivity index (χ1) is 15.2. The van der Waals surface area contributed by atoms with Crippen molar-refractivity contribution in [2.24, 2.45) is 5.92 Å². The molecule has 3 aromatic rings. The molecule has 1 heterocycles. The van der Waals surface area contributed by atoms with Gasteiger partial charge in [0, 0.05) is 18.2 Å². The first kappa shape index (κ1) is 23.5. The molecule has 0 aliphatic heterocycles. The Balaban J connectivity index is 1.89. The second-order valence-corrected chi connectivity index (χ2v) is 8.96. The molecule has 0 radical (unpaired) electrons. The molecule has 1 unspecified atom stereocenters. The Kier molecular flexibility index (Phi) is 7.70. The number of amides is 2. The molecular formula is C25H29ClN4O2. The van der Waals surface area contributed by atoms with Crippen LogP contribution in [0.3, 0.4) is 0 Å². The summed E-state index contributed by atoms with van der Waals surface area (Å²) in [7, 11) is 0. The number of anilines is 1. The third-order valence-electron chi connectivity index (χ3n) is 4.90. The van der Waals surface area contributed by atoms with Crippen molar-refractivity contribution < 1.29 is 9.59 Å². The van der Waals surface area contributed by atoms with Gasteiger partial charge in [0.25, 0.3) is 0 Å². The van der Waals surface area contributed by atoms with Crippen molar-refractivity contribution in [3.63, 3.8) is 0 Å². The number of alkyl halides is 1. The molecule has 0 saturated carbocycles. The molecule has 2 aromatic carbocycles. The number of nitrogens with zero attached hydrogens (tertiary/aromatic N) is 3. The molecule has 3 rings (SSSR count). The van der Waals surface area contributed by atoms with Gasteiger partial charge in [0.15, 0.2) is 0 Å². The van der Waals surface area contributed by atoms with Crippen LogP contribution in [-0.4, -0.2) is 45.0 Å². The quantitative estimate of drug-likeness (QED) is 0.494. The van der Waals surface area contributed by atoms with Gasteiger partial charge in [0.2, 0.25) is 11.8 Å². The van der Waals surface area contributed by atoms with Crippen molar-refractivity contribution in [2.45, 2.75) is 33.1 Å². The smallest absolute Gasteiger partial charge is 0.245 e. The fourth-order valence-electron chi connectivity index (χ4n) is 3.38. The molecule has 32 heavy (non-hydrogen) atoms. The number of aromatic nitrogens is 2. The van der Waals surface area contributed by atoms with Crippen LogP contribution in [0.4, 0.5) is 5.82 Å². The van der Waals surface area contributed by atoms with Crippen LogP contribution in [0.2, 0.25) is 0 Å². The first-order valence-corrected chi connectivity index (χ1v) is 11.1. The molecule has 0 saturated heterocycles. The molecule has 0 bridgehead atoms. The third-order valence-corrected chi connectivity index (χ3v) is 5.08. The highest BCUT2D eigenvalue weighted by atomic mass is 35.5. The summed E-state index contributed by atoms with van der Waals surface area (Å²) in [6.07, 6.45) is 0. The lowest BCUT2D eigenvalue weighted by atomic mass is 10.1. The number of benzene rings is 2. The summed E-state index contributed by atoms with van der Waals surface area (Å²) in [5.41, 5.74) is 3.65. The van der Waals surface area contributed by atoms with Crippen LogP contribution in [0.25, 0.3) is 16.9 Å². The number of aryl methyl sites for hydroxylation is 1. The van der Waals surface area contributed by atoms with Gasteiger partial charge in [-0.05, 0) is 31.9 Å². The molecular weight excluding hydrogens is 424 g/mol. The first-order valence-electron chi connectivity index (χ1n) is 10.7. The minimum Gasteiger partial charge on any atom is -0.332 e. The maximum Gasteiger partial charge on any atom is 0.245 e. The van der Waals surface area contributed by atoms with Crippen molar-refractivity contribution >= 4 is 29.2 Å². The van der Waals surface area contributed by atoms with Crippen LogP contribution < -0.4 is 5.32 Å². The van der Waals surface area contributed by atoms with E-state index >= 15 is 0 Å². The van der Waals surface area contributed by atoms with Crippen LogP contribution in [0.1, 0.15) is 26.3 Å².